The molecule has 0 unspecified atom stereocenters. The Balaban J connectivity index is 0.918. The van der Waals surface area contributed by atoms with Crippen molar-refractivity contribution in [1.82, 2.24) is 0 Å². The highest BCUT2D eigenvalue weighted by Crippen LogP contribution is 2.47. The summed E-state index contributed by atoms with van der Waals surface area (Å²) in [5, 5.41) is 16.8. The highest BCUT2D eigenvalue weighted by Gasteiger charge is 2.20. The largest absolute Gasteiger partial charge is 0.456 e. The lowest BCUT2D eigenvalue weighted by atomic mass is 9.85. The number of para-hydroxylation sites is 1. The van der Waals surface area contributed by atoms with E-state index in [1.54, 1.807) is 0 Å². The van der Waals surface area contributed by atoms with Crippen LogP contribution in [0.15, 0.2) is 203 Å². The van der Waals surface area contributed by atoms with Crippen LogP contribution in [0.4, 0.5) is 0 Å². The molecule has 0 fully saturated rings. The van der Waals surface area contributed by atoms with Crippen molar-refractivity contribution in [3.8, 4) is 33.4 Å². The average molecular weight is 793 g/mol. The molecule has 61 heavy (non-hydrogen) atoms. The molecular formula is C58H32O2S. The molecule has 3 heterocycles. The summed E-state index contributed by atoms with van der Waals surface area (Å²) in [5.74, 6) is 0. The van der Waals surface area contributed by atoms with Crippen molar-refractivity contribution in [3.05, 3.63) is 194 Å². The molecule has 0 N–H and O–H groups in total. The van der Waals surface area contributed by atoms with Crippen LogP contribution in [-0.2, 0) is 0 Å². The van der Waals surface area contributed by atoms with Crippen LogP contribution in [0.1, 0.15) is 0 Å². The highest BCUT2D eigenvalue weighted by atomic mass is 32.1. The fraction of sp³-hybridized carbons (Fsp3) is 0. The van der Waals surface area contributed by atoms with Crippen LogP contribution >= 0.6 is 11.3 Å². The number of furan rings is 2. The fourth-order valence-corrected chi connectivity index (χ4v) is 11.4. The summed E-state index contributed by atoms with van der Waals surface area (Å²) in [6.45, 7) is 0. The number of benzene rings is 11. The van der Waals surface area contributed by atoms with Gasteiger partial charge < -0.3 is 8.83 Å². The molecule has 0 saturated carbocycles. The Morgan fingerprint density at radius 1 is 0.295 bits per heavy atom. The van der Waals surface area contributed by atoms with Crippen LogP contribution in [-0.4, -0.2) is 0 Å². The van der Waals surface area contributed by atoms with E-state index in [0.717, 1.165) is 43.9 Å². The van der Waals surface area contributed by atoms with Crippen LogP contribution in [0.2, 0.25) is 0 Å². The number of hydrogen-bond acceptors (Lipinski definition) is 3. The van der Waals surface area contributed by atoms with Crippen molar-refractivity contribution >= 4 is 118 Å². The van der Waals surface area contributed by atoms with Gasteiger partial charge >= 0.3 is 0 Å². The smallest absolute Gasteiger partial charge is 0.147 e. The molecule has 0 spiro atoms. The summed E-state index contributed by atoms with van der Waals surface area (Å²) in [4.78, 5) is 0. The molecule has 0 amide bonds. The van der Waals surface area contributed by atoms with Crippen molar-refractivity contribution in [2.24, 2.45) is 0 Å². The van der Waals surface area contributed by atoms with Crippen LogP contribution in [0.25, 0.3) is 141 Å². The standard InChI is InChI=1S/C58H32O2S/c1-2-11-34-28-37(21-20-33(34)10-1)55-41-13-3-5-15-43(41)56(44-16-6-4-14-42(44)55)38-22-24-40-49-30-36(23-27-53(49)61-54(40)31-38)39-18-9-12-35-29-48-45-25-26-51-57(46-17-7-8-19-50(46)59-51)58(45)60-52(48)32-47(35)39/h1-32H. The van der Waals surface area contributed by atoms with Gasteiger partial charge in [0, 0.05) is 36.3 Å². The molecule has 0 aliphatic carbocycles. The molecular weight excluding hydrogens is 761 g/mol. The zero-order valence-electron chi connectivity index (χ0n) is 32.7. The van der Waals surface area contributed by atoms with Gasteiger partial charge in [-0.05, 0) is 131 Å². The van der Waals surface area contributed by atoms with E-state index in [4.69, 9.17) is 8.83 Å². The van der Waals surface area contributed by atoms with E-state index in [2.05, 4.69) is 182 Å². The molecule has 14 aromatic rings. The number of thiophene rings is 1. The quantitative estimate of drug-likeness (QED) is 0.167. The summed E-state index contributed by atoms with van der Waals surface area (Å²) < 4.78 is 15.5. The van der Waals surface area contributed by atoms with Crippen LogP contribution in [0.5, 0.6) is 0 Å². The third-order valence-electron chi connectivity index (χ3n) is 13.0. The van der Waals surface area contributed by atoms with Crippen molar-refractivity contribution < 1.29 is 8.83 Å². The maximum atomic E-state index is 6.73. The average Bonchev–Trinajstić information content (AvgIpc) is 4.00. The third-order valence-corrected chi connectivity index (χ3v) is 14.2. The zero-order chi connectivity index (χ0) is 39.8. The Morgan fingerprint density at radius 3 is 1.75 bits per heavy atom. The van der Waals surface area contributed by atoms with Crippen molar-refractivity contribution in [2.75, 3.05) is 0 Å². The SMILES string of the molecule is c1ccc2cc(-c3c4ccccc4c(-c4ccc5c(c4)sc4ccc(-c6cccc7cc8c(cc67)oc6c8ccc7oc8ccccc8c76)cc45)c4ccccc34)ccc2c1. The minimum absolute atomic E-state index is 0.845. The van der Waals surface area contributed by atoms with Gasteiger partial charge in [0.1, 0.15) is 22.3 Å². The molecule has 3 aromatic heterocycles. The minimum atomic E-state index is 0.845. The molecule has 0 saturated heterocycles. The molecule has 0 aliphatic rings. The van der Waals surface area contributed by atoms with Gasteiger partial charge in [0.25, 0.3) is 0 Å². The third kappa shape index (κ3) is 4.78. The number of rotatable bonds is 3. The van der Waals surface area contributed by atoms with Crippen molar-refractivity contribution in [2.45, 2.75) is 0 Å². The van der Waals surface area contributed by atoms with Gasteiger partial charge in [-0.1, -0.05) is 140 Å². The fourth-order valence-electron chi connectivity index (χ4n) is 10.3. The molecule has 0 aliphatic heterocycles. The minimum Gasteiger partial charge on any atom is -0.456 e. The zero-order valence-corrected chi connectivity index (χ0v) is 33.5. The van der Waals surface area contributed by atoms with E-state index in [0.29, 0.717) is 0 Å². The molecule has 11 aromatic carbocycles. The van der Waals surface area contributed by atoms with Crippen LogP contribution in [0, 0.1) is 0 Å². The number of hydrogen-bond donors (Lipinski definition) is 0. The Kier molecular flexibility index (Phi) is 6.74. The van der Waals surface area contributed by atoms with E-state index in [1.165, 1.54) is 96.6 Å². The van der Waals surface area contributed by atoms with Gasteiger partial charge in [0.15, 0.2) is 0 Å². The second kappa shape index (κ2) is 12.4. The molecule has 14 rings (SSSR count). The lowest BCUT2D eigenvalue weighted by Gasteiger charge is -2.18. The lowest BCUT2D eigenvalue weighted by molar-refractivity contribution is 0.663. The van der Waals surface area contributed by atoms with Crippen LogP contribution < -0.4 is 0 Å². The van der Waals surface area contributed by atoms with Gasteiger partial charge in [-0.2, -0.15) is 0 Å². The molecule has 0 bridgehead atoms. The first-order chi connectivity index (χ1) is 30.2. The van der Waals surface area contributed by atoms with Crippen LogP contribution in [0.3, 0.4) is 0 Å². The number of fused-ring (bicyclic) bond motifs is 14. The molecule has 0 atom stereocenters. The predicted molar refractivity (Wildman–Crippen MR) is 260 cm³/mol. The summed E-state index contributed by atoms with van der Waals surface area (Å²) in [7, 11) is 0. The monoisotopic (exact) mass is 792 g/mol. The van der Waals surface area contributed by atoms with E-state index < -0.39 is 0 Å². The Labute approximate surface area is 353 Å². The van der Waals surface area contributed by atoms with E-state index in [9.17, 15) is 0 Å². The van der Waals surface area contributed by atoms with Gasteiger partial charge in [-0.25, -0.2) is 0 Å². The molecule has 3 heteroatoms. The highest BCUT2D eigenvalue weighted by molar-refractivity contribution is 7.25. The Morgan fingerprint density at radius 2 is 0.951 bits per heavy atom. The maximum absolute atomic E-state index is 6.73. The first-order valence-electron chi connectivity index (χ1n) is 20.8. The predicted octanol–water partition coefficient (Wildman–Crippen LogP) is 17.5. The summed E-state index contributed by atoms with van der Waals surface area (Å²) >= 11 is 1.87. The van der Waals surface area contributed by atoms with Crippen molar-refractivity contribution in [3.63, 3.8) is 0 Å². The maximum Gasteiger partial charge on any atom is 0.147 e. The van der Waals surface area contributed by atoms with E-state index in [1.807, 2.05) is 23.5 Å². The van der Waals surface area contributed by atoms with Gasteiger partial charge in [-0.15, -0.1) is 11.3 Å². The van der Waals surface area contributed by atoms with Gasteiger partial charge in [0.05, 0.1) is 5.39 Å². The van der Waals surface area contributed by atoms with Gasteiger partial charge in [-0.3, -0.25) is 0 Å². The molecule has 282 valence electrons. The molecule has 2 nitrogen and oxygen atoms in total. The second-order valence-electron chi connectivity index (χ2n) is 16.3. The molecule has 0 radical (unpaired) electrons. The van der Waals surface area contributed by atoms with Gasteiger partial charge in [0.2, 0.25) is 0 Å². The lowest BCUT2D eigenvalue weighted by Crippen LogP contribution is -1.90. The Hall–Kier alpha value is -7.72. The van der Waals surface area contributed by atoms with E-state index >= 15 is 0 Å². The second-order valence-corrected chi connectivity index (χ2v) is 17.4. The summed E-state index contributed by atoms with van der Waals surface area (Å²) in [6.07, 6.45) is 0. The first-order valence-corrected chi connectivity index (χ1v) is 21.6. The normalized spacial score (nSPS) is 12.3. The Bertz CT molecular complexity index is 4120. The van der Waals surface area contributed by atoms with Crippen molar-refractivity contribution in [1.29, 1.82) is 0 Å². The summed E-state index contributed by atoms with van der Waals surface area (Å²) in [5.41, 5.74) is 10.9. The first kappa shape index (κ1) is 33.1. The summed E-state index contributed by atoms with van der Waals surface area (Å²) in [6, 6.07) is 71.0. The topological polar surface area (TPSA) is 26.3 Å². The van der Waals surface area contributed by atoms with E-state index in [-0.39, 0.29) is 0 Å².